The van der Waals surface area contributed by atoms with Gasteiger partial charge in [-0.2, -0.15) is 0 Å². The molecule has 0 saturated carbocycles. The van der Waals surface area contributed by atoms with Gasteiger partial charge in [-0.25, -0.2) is 0 Å². The third kappa shape index (κ3) is 4.28. The molecule has 1 heterocycles. The van der Waals surface area contributed by atoms with Gasteiger partial charge >= 0.3 is 0 Å². The first-order valence-electron chi connectivity index (χ1n) is 14.9. The molecule has 0 fully saturated rings. The van der Waals surface area contributed by atoms with Crippen molar-refractivity contribution in [1.82, 2.24) is 0 Å². The van der Waals surface area contributed by atoms with Crippen LogP contribution in [0, 0.1) is 0 Å². The van der Waals surface area contributed by atoms with Crippen molar-refractivity contribution in [2.45, 2.75) is 0 Å². The molecule has 0 amide bonds. The van der Waals surface area contributed by atoms with Crippen LogP contribution >= 0.6 is 0 Å². The number of para-hydroxylation sites is 1. The smallest absolute Gasteiger partial charge is 0.135 e. The molecule has 7 aromatic carbocycles. The summed E-state index contributed by atoms with van der Waals surface area (Å²) in [5, 5.41) is 9.72. The summed E-state index contributed by atoms with van der Waals surface area (Å²) in [7, 11) is 0. The monoisotopic (exact) mass is 563 g/mol. The van der Waals surface area contributed by atoms with Crippen molar-refractivity contribution in [3.8, 4) is 0 Å². The topological polar surface area (TPSA) is 16.4 Å². The SMILES string of the molecule is C=C/C=C\C=C(/c1ccccc1)N(c1ccc2oc3ccccc3c2c1)c1ccc2c3ccccc3c3ccccc3c2c1. The first-order chi connectivity index (χ1) is 21.8. The van der Waals surface area contributed by atoms with Crippen LogP contribution in [-0.4, -0.2) is 0 Å². The van der Waals surface area contributed by atoms with Crippen LogP contribution in [0.3, 0.4) is 0 Å². The molecule has 44 heavy (non-hydrogen) atoms. The molecule has 0 atom stereocenters. The summed E-state index contributed by atoms with van der Waals surface area (Å²) in [6.45, 7) is 3.90. The Bertz CT molecular complexity index is 2370. The summed E-state index contributed by atoms with van der Waals surface area (Å²) in [5.41, 5.74) is 6.07. The molecule has 0 bridgehead atoms. The molecule has 8 aromatic rings. The average molecular weight is 564 g/mol. The number of fused-ring (bicyclic) bond motifs is 9. The molecule has 0 radical (unpaired) electrons. The van der Waals surface area contributed by atoms with Crippen molar-refractivity contribution in [2.24, 2.45) is 0 Å². The zero-order valence-corrected chi connectivity index (χ0v) is 24.2. The van der Waals surface area contributed by atoms with Gasteiger partial charge in [-0.15, -0.1) is 0 Å². The molecular formula is C42H29NO. The van der Waals surface area contributed by atoms with Crippen LogP contribution in [0.25, 0.3) is 60.0 Å². The quantitative estimate of drug-likeness (QED) is 0.148. The van der Waals surface area contributed by atoms with Gasteiger partial charge in [0.15, 0.2) is 0 Å². The number of benzene rings is 7. The van der Waals surface area contributed by atoms with E-state index in [9.17, 15) is 0 Å². The van der Waals surface area contributed by atoms with E-state index in [1.165, 1.54) is 32.3 Å². The van der Waals surface area contributed by atoms with Crippen LogP contribution in [0.1, 0.15) is 5.56 Å². The Morgan fingerprint density at radius 3 is 1.68 bits per heavy atom. The number of rotatable bonds is 6. The number of allylic oxidation sites excluding steroid dienone is 4. The van der Waals surface area contributed by atoms with Crippen molar-refractivity contribution in [3.63, 3.8) is 0 Å². The second-order valence-corrected chi connectivity index (χ2v) is 11.0. The van der Waals surface area contributed by atoms with Crippen LogP contribution in [0.15, 0.2) is 175 Å². The molecule has 0 saturated heterocycles. The molecular weight excluding hydrogens is 534 g/mol. The Balaban J connectivity index is 1.44. The molecule has 0 aliphatic heterocycles. The zero-order valence-electron chi connectivity index (χ0n) is 24.2. The number of furan rings is 1. The maximum atomic E-state index is 6.21. The van der Waals surface area contributed by atoms with Crippen molar-refractivity contribution in [2.75, 3.05) is 4.90 Å². The molecule has 2 heteroatoms. The standard InChI is InChI=1S/C42H29NO/c1-2-3-5-21-40(29-14-6-4-7-15-29)43(31-24-26-42-39(28-31)37-20-12-13-22-41(37)44-42)30-23-25-36-34-18-9-8-16-32(34)33-17-10-11-19-35(33)38(36)27-30/h2-28H,1H2/b5-3-,40-21+. The Morgan fingerprint density at radius 1 is 0.477 bits per heavy atom. The van der Waals surface area contributed by atoms with E-state index in [1.807, 2.05) is 18.2 Å². The Kier molecular flexibility index (Phi) is 6.31. The fourth-order valence-electron chi connectivity index (χ4n) is 6.45. The summed E-state index contributed by atoms with van der Waals surface area (Å²) >= 11 is 0. The number of nitrogens with zero attached hydrogens (tertiary/aromatic N) is 1. The van der Waals surface area contributed by atoms with Gasteiger partial charge in [-0.1, -0.05) is 128 Å². The predicted octanol–water partition coefficient (Wildman–Crippen LogP) is 12.0. The lowest BCUT2D eigenvalue weighted by atomic mass is 9.94. The molecule has 208 valence electrons. The maximum absolute atomic E-state index is 6.21. The van der Waals surface area contributed by atoms with Gasteiger partial charge < -0.3 is 9.32 Å². The Morgan fingerprint density at radius 2 is 1.00 bits per heavy atom. The summed E-state index contributed by atoms with van der Waals surface area (Å²) in [5.74, 6) is 0. The van der Waals surface area contributed by atoms with Gasteiger partial charge in [-0.05, 0) is 80.4 Å². The second-order valence-electron chi connectivity index (χ2n) is 11.0. The maximum Gasteiger partial charge on any atom is 0.135 e. The first kappa shape index (κ1) is 25.8. The fraction of sp³-hybridized carbons (Fsp3) is 0. The molecule has 0 unspecified atom stereocenters. The number of hydrogen-bond acceptors (Lipinski definition) is 2. The van der Waals surface area contributed by atoms with Crippen LogP contribution in [0.4, 0.5) is 11.4 Å². The van der Waals surface area contributed by atoms with Gasteiger partial charge in [0.25, 0.3) is 0 Å². The van der Waals surface area contributed by atoms with Crippen molar-refractivity contribution >= 4 is 71.3 Å². The minimum Gasteiger partial charge on any atom is -0.456 e. The molecule has 0 aliphatic rings. The Hall–Kier alpha value is -5.86. The normalized spacial score (nSPS) is 12.2. The molecule has 0 spiro atoms. The summed E-state index contributed by atoms with van der Waals surface area (Å²) in [4.78, 5) is 2.35. The van der Waals surface area contributed by atoms with E-state index in [-0.39, 0.29) is 0 Å². The molecule has 0 aliphatic carbocycles. The van der Waals surface area contributed by atoms with E-state index in [0.29, 0.717) is 0 Å². The summed E-state index contributed by atoms with van der Waals surface area (Å²) in [6, 6.07) is 49.6. The van der Waals surface area contributed by atoms with Gasteiger partial charge in [0.2, 0.25) is 0 Å². The Labute approximate surface area is 256 Å². The van der Waals surface area contributed by atoms with Crippen LogP contribution in [-0.2, 0) is 0 Å². The zero-order chi connectivity index (χ0) is 29.5. The number of anilines is 2. The van der Waals surface area contributed by atoms with Gasteiger partial charge in [-0.3, -0.25) is 0 Å². The third-order valence-corrected chi connectivity index (χ3v) is 8.42. The van der Waals surface area contributed by atoms with E-state index < -0.39 is 0 Å². The lowest BCUT2D eigenvalue weighted by molar-refractivity contribution is 0.669. The highest BCUT2D eigenvalue weighted by Gasteiger charge is 2.20. The largest absolute Gasteiger partial charge is 0.456 e. The van der Waals surface area contributed by atoms with E-state index in [4.69, 9.17) is 4.42 Å². The third-order valence-electron chi connectivity index (χ3n) is 8.42. The lowest BCUT2D eigenvalue weighted by Gasteiger charge is -2.29. The van der Waals surface area contributed by atoms with E-state index in [0.717, 1.165) is 44.6 Å². The first-order valence-corrected chi connectivity index (χ1v) is 14.9. The van der Waals surface area contributed by atoms with Gasteiger partial charge in [0, 0.05) is 22.1 Å². The fourth-order valence-corrected chi connectivity index (χ4v) is 6.45. The number of hydrogen-bond donors (Lipinski definition) is 0. The minimum absolute atomic E-state index is 0.877. The van der Waals surface area contributed by atoms with Crippen molar-refractivity contribution in [1.29, 1.82) is 0 Å². The minimum atomic E-state index is 0.877. The van der Waals surface area contributed by atoms with Crippen LogP contribution in [0.2, 0.25) is 0 Å². The highest BCUT2D eigenvalue weighted by Crippen LogP contribution is 2.42. The molecule has 0 N–H and O–H groups in total. The van der Waals surface area contributed by atoms with E-state index in [2.05, 4.69) is 151 Å². The highest BCUT2D eigenvalue weighted by molar-refractivity contribution is 6.26. The lowest BCUT2D eigenvalue weighted by Crippen LogP contribution is -2.15. The second kappa shape index (κ2) is 10.8. The molecule has 1 aromatic heterocycles. The molecule has 2 nitrogen and oxygen atoms in total. The summed E-state index contributed by atoms with van der Waals surface area (Å²) < 4.78 is 6.21. The van der Waals surface area contributed by atoms with E-state index >= 15 is 0 Å². The average Bonchev–Trinajstić information content (AvgIpc) is 3.46. The van der Waals surface area contributed by atoms with Crippen molar-refractivity contribution < 1.29 is 4.42 Å². The predicted molar refractivity (Wildman–Crippen MR) is 189 cm³/mol. The van der Waals surface area contributed by atoms with E-state index in [1.54, 1.807) is 6.08 Å². The van der Waals surface area contributed by atoms with Crippen LogP contribution in [0.5, 0.6) is 0 Å². The van der Waals surface area contributed by atoms with Crippen LogP contribution < -0.4 is 4.90 Å². The summed E-state index contributed by atoms with van der Waals surface area (Å²) in [6.07, 6.45) is 7.99. The van der Waals surface area contributed by atoms with Gasteiger partial charge in [0.05, 0.1) is 5.70 Å². The highest BCUT2D eigenvalue weighted by atomic mass is 16.3. The molecule has 8 rings (SSSR count). The van der Waals surface area contributed by atoms with Gasteiger partial charge in [0.1, 0.15) is 11.2 Å². The van der Waals surface area contributed by atoms with Crippen molar-refractivity contribution in [3.05, 3.63) is 176 Å².